The number of alkyl halides is 1. The highest BCUT2D eigenvalue weighted by Crippen LogP contribution is 2.15. The van der Waals surface area contributed by atoms with Crippen molar-refractivity contribution in [2.45, 2.75) is 43.5 Å². The van der Waals surface area contributed by atoms with Crippen LogP contribution in [0.4, 0.5) is 0 Å². The molecule has 4 N–H and O–H groups in total. The first-order valence-electron chi connectivity index (χ1n) is 4.33. The van der Waals surface area contributed by atoms with Gasteiger partial charge in [-0.25, -0.2) is 0 Å². The van der Waals surface area contributed by atoms with Gasteiger partial charge in [-0.1, -0.05) is 13.3 Å². The molecule has 0 rings (SSSR count). The van der Waals surface area contributed by atoms with Crippen molar-refractivity contribution in [3.8, 4) is 0 Å². The van der Waals surface area contributed by atoms with Crippen LogP contribution in [0.15, 0.2) is 0 Å². The Kier molecular flexibility index (Phi) is 6.63. The number of hydrogen-bond donors (Lipinski definition) is 4. The Labute approximate surface area is 82.8 Å². The molecule has 0 fully saturated rings. The summed E-state index contributed by atoms with van der Waals surface area (Å²) >= 11 is 5.72. The van der Waals surface area contributed by atoms with E-state index in [0.29, 0.717) is 6.42 Å². The molecular formula is C8H17ClO4. The van der Waals surface area contributed by atoms with Crippen molar-refractivity contribution in [2.24, 2.45) is 0 Å². The highest BCUT2D eigenvalue weighted by molar-refractivity contribution is 6.21. The molecule has 0 aliphatic heterocycles. The lowest BCUT2D eigenvalue weighted by Gasteiger charge is -2.24. The molecule has 0 aliphatic rings. The highest BCUT2D eigenvalue weighted by atomic mass is 35.5. The van der Waals surface area contributed by atoms with E-state index in [2.05, 4.69) is 0 Å². The van der Waals surface area contributed by atoms with Crippen molar-refractivity contribution in [3.05, 3.63) is 0 Å². The van der Waals surface area contributed by atoms with Crippen molar-refractivity contribution >= 4 is 11.6 Å². The molecule has 0 heterocycles. The zero-order chi connectivity index (χ0) is 10.4. The maximum atomic E-state index is 9.37. The van der Waals surface area contributed by atoms with Crippen LogP contribution in [0.1, 0.15) is 19.8 Å². The third-order valence-corrected chi connectivity index (χ3v) is 2.34. The van der Waals surface area contributed by atoms with Gasteiger partial charge >= 0.3 is 0 Å². The number of hydrogen-bond acceptors (Lipinski definition) is 4. The number of halogens is 1. The minimum Gasteiger partial charge on any atom is -0.394 e. The molecule has 80 valence electrons. The summed E-state index contributed by atoms with van der Waals surface area (Å²) in [6, 6.07) is 0. The van der Waals surface area contributed by atoms with Crippen LogP contribution in [0.25, 0.3) is 0 Å². The first kappa shape index (κ1) is 13.1. The fourth-order valence-corrected chi connectivity index (χ4v) is 1.36. The quantitative estimate of drug-likeness (QED) is 0.447. The Hall–Kier alpha value is 0.130. The molecule has 0 amide bonds. The Morgan fingerprint density at radius 3 is 2.08 bits per heavy atom. The zero-order valence-electron chi connectivity index (χ0n) is 7.60. The van der Waals surface area contributed by atoms with Crippen LogP contribution in [-0.4, -0.2) is 50.7 Å². The first-order chi connectivity index (χ1) is 6.04. The van der Waals surface area contributed by atoms with E-state index in [-0.39, 0.29) is 0 Å². The molecule has 0 aromatic carbocycles. The van der Waals surface area contributed by atoms with Crippen LogP contribution in [0.2, 0.25) is 0 Å². The summed E-state index contributed by atoms with van der Waals surface area (Å²) in [5.74, 6) is 0. The maximum absolute atomic E-state index is 9.37. The molecule has 0 saturated heterocycles. The van der Waals surface area contributed by atoms with Gasteiger partial charge in [-0.05, 0) is 6.42 Å². The van der Waals surface area contributed by atoms with Gasteiger partial charge in [0.2, 0.25) is 0 Å². The van der Waals surface area contributed by atoms with Crippen LogP contribution < -0.4 is 0 Å². The lowest BCUT2D eigenvalue weighted by atomic mass is 10.0. The second-order valence-electron chi connectivity index (χ2n) is 3.04. The van der Waals surface area contributed by atoms with E-state index in [1.807, 2.05) is 6.92 Å². The summed E-state index contributed by atoms with van der Waals surface area (Å²) in [5.41, 5.74) is 0. The fourth-order valence-electron chi connectivity index (χ4n) is 0.996. The average Bonchev–Trinajstić information content (AvgIpc) is 2.14. The summed E-state index contributed by atoms with van der Waals surface area (Å²) in [4.78, 5) is 0. The van der Waals surface area contributed by atoms with Crippen molar-refractivity contribution < 1.29 is 20.4 Å². The van der Waals surface area contributed by atoms with E-state index in [0.717, 1.165) is 6.42 Å². The summed E-state index contributed by atoms with van der Waals surface area (Å²) in [6.07, 6.45) is -2.60. The van der Waals surface area contributed by atoms with Crippen LogP contribution in [0, 0.1) is 0 Å². The van der Waals surface area contributed by atoms with Crippen LogP contribution in [-0.2, 0) is 0 Å². The highest BCUT2D eigenvalue weighted by Gasteiger charge is 2.29. The van der Waals surface area contributed by atoms with Gasteiger partial charge in [0, 0.05) is 0 Å². The normalized spacial score (nSPS) is 20.8. The van der Waals surface area contributed by atoms with Crippen molar-refractivity contribution in [1.82, 2.24) is 0 Å². The number of rotatable bonds is 6. The van der Waals surface area contributed by atoms with Crippen LogP contribution in [0.5, 0.6) is 0 Å². The van der Waals surface area contributed by atoms with Gasteiger partial charge < -0.3 is 20.4 Å². The molecule has 4 nitrogen and oxygen atoms in total. The molecule has 0 aliphatic carbocycles. The minimum absolute atomic E-state index is 0.554. The van der Waals surface area contributed by atoms with E-state index in [4.69, 9.17) is 21.8 Å². The fraction of sp³-hybridized carbons (Fsp3) is 1.00. The summed E-state index contributed by atoms with van der Waals surface area (Å²) < 4.78 is 0. The molecule has 0 unspecified atom stereocenters. The monoisotopic (exact) mass is 212 g/mol. The topological polar surface area (TPSA) is 80.9 Å². The summed E-state index contributed by atoms with van der Waals surface area (Å²) in [7, 11) is 0. The molecule has 13 heavy (non-hydrogen) atoms. The number of aliphatic hydroxyl groups is 4. The lowest BCUT2D eigenvalue weighted by molar-refractivity contribution is -0.0772. The van der Waals surface area contributed by atoms with E-state index >= 15 is 0 Å². The third kappa shape index (κ3) is 4.24. The Morgan fingerprint density at radius 1 is 1.15 bits per heavy atom. The van der Waals surface area contributed by atoms with Gasteiger partial charge in [0.25, 0.3) is 0 Å². The van der Waals surface area contributed by atoms with Crippen molar-refractivity contribution in [1.29, 1.82) is 0 Å². The minimum atomic E-state index is -1.39. The zero-order valence-corrected chi connectivity index (χ0v) is 8.35. The molecule has 0 aromatic heterocycles. The second kappa shape index (κ2) is 6.56. The van der Waals surface area contributed by atoms with Gasteiger partial charge in [0.05, 0.1) is 18.1 Å². The molecular weight excluding hydrogens is 196 g/mol. The summed E-state index contributed by atoms with van der Waals surface area (Å²) in [5, 5.41) is 35.5. The Balaban J connectivity index is 3.99. The third-order valence-electron chi connectivity index (χ3n) is 1.87. The van der Waals surface area contributed by atoms with Crippen molar-refractivity contribution in [3.63, 3.8) is 0 Å². The molecule has 5 heteroatoms. The van der Waals surface area contributed by atoms with Crippen LogP contribution >= 0.6 is 11.6 Å². The van der Waals surface area contributed by atoms with Gasteiger partial charge in [-0.15, -0.1) is 11.6 Å². The smallest absolute Gasteiger partial charge is 0.109 e. The van der Waals surface area contributed by atoms with E-state index in [9.17, 15) is 10.2 Å². The standard InChI is InChI=1S/C8H17ClO4/c1-2-3-5(9)7(12)8(13)6(11)4-10/h5-8,10-13H,2-4H2,1H3/t5-,6-,7-,8-/m1/s1. The van der Waals surface area contributed by atoms with E-state index in [1.165, 1.54) is 0 Å². The molecule has 0 aromatic rings. The molecule has 0 saturated carbocycles. The molecule has 4 atom stereocenters. The predicted molar refractivity (Wildman–Crippen MR) is 49.7 cm³/mol. The molecule has 0 radical (unpaired) electrons. The maximum Gasteiger partial charge on any atom is 0.109 e. The lowest BCUT2D eigenvalue weighted by Crippen LogP contribution is -2.44. The van der Waals surface area contributed by atoms with Crippen molar-refractivity contribution in [2.75, 3.05) is 6.61 Å². The molecule has 0 bridgehead atoms. The summed E-state index contributed by atoms with van der Waals surface area (Å²) in [6.45, 7) is 1.31. The number of aliphatic hydroxyl groups excluding tert-OH is 4. The second-order valence-corrected chi connectivity index (χ2v) is 3.60. The SMILES string of the molecule is CCC[C@@H](Cl)[C@@H](O)[C@H](O)[C@H](O)CO. The van der Waals surface area contributed by atoms with E-state index in [1.54, 1.807) is 0 Å². The predicted octanol–water partition coefficient (Wildman–Crippen LogP) is -0.531. The molecule has 0 spiro atoms. The van der Waals surface area contributed by atoms with E-state index < -0.39 is 30.3 Å². The Morgan fingerprint density at radius 2 is 1.69 bits per heavy atom. The van der Waals surface area contributed by atoms with Crippen LogP contribution in [0.3, 0.4) is 0 Å². The van der Waals surface area contributed by atoms with Gasteiger partial charge in [0.15, 0.2) is 0 Å². The Bertz CT molecular complexity index is 133. The first-order valence-corrected chi connectivity index (χ1v) is 4.77. The largest absolute Gasteiger partial charge is 0.394 e. The van der Waals surface area contributed by atoms with Gasteiger partial charge in [0.1, 0.15) is 12.2 Å². The van der Waals surface area contributed by atoms with Gasteiger partial charge in [-0.3, -0.25) is 0 Å². The average molecular weight is 213 g/mol. The van der Waals surface area contributed by atoms with Gasteiger partial charge in [-0.2, -0.15) is 0 Å².